The van der Waals surface area contributed by atoms with E-state index in [0.717, 1.165) is 57.4 Å². The van der Waals surface area contributed by atoms with Crippen LogP contribution in [0.1, 0.15) is 32.6 Å². The third kappa shape index (κ3) is 5.52. The molecule has 0 bridgehead atoms. The molecule has 0 aromatic carbocycles. The van der Waals surface area contributed by atoms with Crippen LogP contribution in [0.5, 0.6) is 0 Å². The zero-order chi connectivity index (χ0) is 15.9. The third-order valence-electron chi connectivity index (χ3n) is 5.32. The molecule has 0 radical (unpaired) electrons. The highest BCUT2D eigenvalue weighted by atomic mass is 16.3. The van der Waals surface area contributed by atoms with Crippen LogP contribution in [0.25, 0.3) is 0 Å². The van der Waals surface area contributed by atoms with Gasteiger partial charge in [-0.25, -0.2) is 0 Å². The average molecular weight is 311 g/mol. The highest BCUT2D eigenvalue weighted by Crippen LogP contribution is 2.21. The van der Waals surface area contributed by atoms with Crippen molar-refractivity contribution in [2.45, 2.75) is 32.6 Å². The van der Waals surface area contributed by atoms with Crippen molar-refractivity contribution in [1.29, 1.82) is 0 Å². The number of likely N-dealkylation sites (tertiary alicyclic amines) is 2. The minimum atomic E-state index is 0.224. The van der Waals surface area contributed by atoms with Crippen molar-refractivity contribution in [1.82, 2.24) is 14.7 Å². The Labute approximate surface area is 135 Å². The molecular formula is C17H33N3O2. The lowest BCUT2D eigenvalue weighted by molar-refractivity contribution is -0.130. The Morgan fingerprint density at radius 2 is 1.55 bits per heavy atom. The summed E-state index contributed by atoms with van der Waals surface area (Å²) in [6.45, 7) is 9.30. The van der Waals surface area contributed by atoms with Crippen molar-refractivity contribution < 1.29 is 9.90 Å². The normalized spacial score (nSPS) is 22.5. The van der Waals surface area contributed by atoms with Gasteiger partial charge in [0.25, 0.3) is 0 Å². The summed E-state index contributed by atoms with van der Waals surface area (Å²) in [5, 5.41) is 8.99. The van der Waals surface area contributed by atoms with Crippen LogP contribution in [-0.4, -0.2) is 85.2 Å². The van der Waals surface area contributed by atoms with Crippen LogP contribution in [-0.2, 0) is 4.79 Å². The van der Waals surface area contributed by atoms with E-state index in [-0.39, 0.29) is 12.5 Å². The molecule has 0 spiro atoms. The van der Waals surface area contributed by atoms with Gasteiger partial charge >= 0.3 is 0 Å². The second-order valence-corrected chi connectivity index (χ2v) is 7.18. The van der Waals surface area contributed by atoms with Crippen LogP contribution < -0.4 is 0 Å². The van der Waals surface area contributed by atoms with Gasteiger partial charge in [-0.3, -0.25) is 4.79 Å². The quantitative estimate of drug-likeness (QED) is 0.791. The standard InChI is InChI=1S/C17H33N3O2/c1-15(22)20-9-5-17(6-10-20)14-18(2)13-16-3-7-19(8-4-16)11-12-21/h16-17,21H,3-14H2,1-2H3. The van der Waals surface area contributed by atoms with Crippen molar-refractivity contribution in [3.63, 3.8) is 0 Å². The molecular weight excluding hydrogens is 278 g/mol. The molecule has 0 aromatic rings. The van der Waals surface area contributed by atoms with Crippen LogP contribution in [0.15, 0.2) is 0 Å². The molecule has 2 fully saturated rings. The van der Waals surface area contributed by atoms with Gasteiger partial charge in [0.1, 0.15) is 0 Å². The predicted octanol–water partition coefficient (Wildman–Crippen LogP) is 0.881. The van der Waals surface area contributed by atoms with Gasteiger partial charge in [-0.2, -0.15) is 0 Å². The lowest BCUT2D eigenvalue weighted by Crippen LogP contribution is -2.42. The van der Waals surface area contributed by atoms with Crippen LogP contribution in [0, 0.1) is 11.8 Å². The van der Waals surface area contributed by atoms with E-state index in [0.29, 0.717) is 0 Å². The topological polar surface area (TPSA) is 47.0 Å². The van der Waals surface area contributed by atoms with Gasteiger partial charge in [0, 0.05) is 39.6 Å². The maximum atomic E-state index is 11.4. The van der Waals surface area contributed by atoms with E-state index >= 15 is 0 Å². The second kappa shape index (κ2) is 8.85. The largest absolute Gasteiger partial charge is 0.395 e. The number of nitrogens with zero attached hydrogens (tertiary/aromatic N) is 3. The van der Waals surface area contributed by atoms with Gasteiger partial charge in [0.2, 0.25) is 5.91 Å². The Bertz CT molecular complexity index is 335. The fourth-order valence-corrected chi connectivity index (χ4v) is 3.92. The number of hydrogen-bond donors (Lipinski definition) is 1. The lowest BCUT2D eigenvalue weighted by atomic mass is 9.93. The molecule has 1 N–H and O–H groups in total. The first-order valence-electron chi connectivity index (χ1n) is 8.85. The van der Waals surface area contributed by atoms with Crippen LogP contribution >= 0.6 is 0 Å². The Morgan fingerprint density at radius 1 is 1.05 bits per heavy atom. The monoisotopic (exact) mass is 311 g/mol. The number of piperidine rings is 2. The van der Waals surface area contributed by atoms with Crippen molar-refractivity contribution in [3.8, 4) is 0 Å². The predicted molar refractivity (Wildman–Crippen MR) is 88.7 cm³/mol. The van der Waals surface area contributed by atoms with Gasteiger partial charge in [-0.15, -0.1) is 0 Å². The summed E-state index contributed by atoms with van der Waals surface area (Å²) < 4.78 is 0. The van der Waals surface area contributed by atoms with E-state index in [2.05, 4.69) is 16.8 Å². The molecule has 0 saturated carbocycles. The molecule has 0 aliphatic carbocycles. The van der Waals surface area contributed by atoms with E-state index in [1.807, 2.05) is 4.90 Å². The summed E-state index contributed by atoms with van der Waals surface area (Å²) in [4.78, 5) is 18.2. The summed E-state index contributed by atoms with van der Waals surface area (Å²) >= 11 is 0. The van der Waals surface area contributed by atoms with Gasteiger partial charge in [-0.1, -0.05) is 0 Å². The molecule has 5 heteroatoms. The molecule has 2 aliphatic heterocycles. The minimum absolute atomic E-state index is 0.224. The lowest BCUT2D eigenvalue weighted by Gasteiger charge is -2.36. The van der Waals surface area contributed by atoms with Crippen molar-refractivity contribution in [2.24, 2.45) is 11.8 Å². The van der Waals surface area contributed by atoms with Crippen molar-refractivity contribution in [3.05, 3.63) is 0 Å². The van der Waals surface area contributed by atoms with E-state index in [4.69, 9.17) is 5.11 Å². The average Bonchev–Trinajstić information content (AvgIpc) is 2.50. The molecule has 2 saturated heterocycles. The Kier molecular flexibility index (Phi) is 7.12. The number of carbonyl (C=O) groups excluding carboxylic acids is 1. The number of carbonyl (C=O) groups is 1. The minimum Gasteiger partial charge on any atom is -0.395 e. The van der Waals surface area contributed by atoms with Gasteiger partial charge in [0.15, 0.2) is 0 Å². The molecule has 5 nitrogen and oxygen atoms in total. The van der Waals surface area contributed by atoms with Crippen LogP contribution in [0.3, 0.4) is 0 Å². The number of β-amino-alcohol motifs (C(OH)–C–C–N with tert-alkyl or cyclic N) is 1. The Balaban J connectivity index is 1.62. The number of aliphatic hydroxyl groups excluding tert-OH is 1. The summed E-state index contributed by atoms with van der Waals surface area (Å²) in [5.41, 5.74) is 0. The summed E-state index contributed by atoms with van der Waals surface area (Å²) in [6, 6.07) is 0. The Hall–Kier alpha value is -0.650. The first-order valence-corrected chi connectivity index (χ1v) is 8.85. The number of hydrogen-bond acceptors (Lipinski definition) is 4. The van der Waals surface area contributed by atoms with Crippen LogP contribution in [0.4, 0.5) is 0 Å². The van der Waals surface area contributed by atoms with Gasteiger partial charge in [0.05, 0.1) is 6.61 Å². The summed E-state index contributed by atoms with van der Waals surface area (Å²) in [5.74, 6) is 1.77. The number of amides is 1. The molecule has 0 atom stereocenters. The first kappa shape index (κ1) is 17.7. The summed E-state index contributed by atoms with van der Waals surface area (Å²) in [6.07, 6.45) is 4.82. The second-order valence-electron chi connectivity index (χ2n) is 7.18. The van der Waals surface area contributed by atoms with Crippen LogP contribution in [0.2, 0.25) is 0 Å². The van der Waals surface area contributed by atoms with E-state index in [9.17, 15) is 4.79 Å². The van der Waals surface area contributed by atoms with Crippen molar-refractivity contribution >= 4 is 5.91 Å². The van der Waals surface area contributed by atoms with Gasteiger partial charge in [-0.05, 0) is 57.7 Å². The molecule has 22 heavy (non-hydrogen) atoms. The highest BCUT2D eigenvalue weighted by molar-refractivity contribution is 5.73. The molecule has 2 rings (SSSR count). The summed E-state index contributed by atoms with van der Waals surface area (Å²) in [7, 11) is 2.25. The maximum Gasteiger partial charge on any atom is 0.219 e. The molecule has 128 valence electrons. The Morgan fingerprint density at radius 3 is 2.00 bits per heavy atom. The van der Waals surface area contributed by atoms with Gasteiger partial charge < -0.3 is 19.8 Å². The smallest absolute Gasteiger partial charge is 0.219 e. The fourth-order valence-electron chi connectivity index (χ4n) is 3.92. The van der Waals surface area contributed by atoms with E-state index < -0.39 is 0 Å². The van der Waals surface area contributed by atoms with Crippen molar-refractivity contribution in [2.75, 3.05) is 59.5 Å². The zero-order valence-corrected chi connectivity index (χ0v) is 14.3. The molecule has 1 amide bonds. The zero-order valence-electron chi connectivity index (χ0n) is 14.3. The van der Waals surface area contributed by atoms with E-state index in [1.165, 1.54) is 25.9 Å². The molecule has 0 aromatic heterocycles. The molecule has 2 aliphatic rings. The van der Waals surface area contributed by atoms with E-state index in [1.54, 1.807) is 6.92 Å². The highest BCUT2D eigenvalue weighted by Gasteiger charge is 2.24. The third-order valence-corrected chi connectivity index (χ3v) is 5.32. The molecule has 2 heterocycles. The number of rotatable bonds is 6. The first-order chi connectivity index (χ1) is 10.6. The number of aliphatic hydroxyl groups is 1. The fraction of sp³-hybridized carbons (Fsp3) is 0.941. The SMILES string of the molecule is CC(=O)N1CCC(CN(C)CC2CCN(CCO)CC2)CC1. The molecule has 0 unspecified atom stereocenters. The maximum absolute atomic E-state index is 11.4.